The average Bonchev–Trinajstić information content (AvgIpc) is 3.76. The van der Waals surface area contributed by atoms with E-state index in [0.29, 0.717) is 11.5 Å². The van der Waals surface area contributed by atoms with Crippen LogP contribution in [0, 0.1) is 92.9 Å². The van der Waals surface area contributed by atoms with E-state index >= 15 is 0 Å². The number of phenolic OH excluding ortho intramolecular Hbond substituents is 2. The van der Waals surface area contributed by atoms with Crippen LogP contribution in [-0.2, 0) is 0 Å². The number of aromatic hydroxyl groups is 2. The van der Waals surface area contributed by atoms with Gasteiger partial charge in [-0.15, -0.1) is 0 Å². The first-order valence-corrected chi connectivity index (χ1v) is 17.8. The first kappa shape index (κ1) is 35.4. The van der Waals surface area contributed by atoms with E-state index in [-0.39, 0.29) is 0 Å². The molecule has 0 amide bonds. The molecule has 3 aliphatic rings. The van der Waals surface area contributed by atoms with E-state index in [0.717, 1.165) is 67.5 Å². The van der Waals surface area contributed by atoms with E-state index in [1.165, 1.54) is 34.8 Å². The summed E-state index contributed by atoms with van der Waals surface area (Å²) in [6, 6.07) is 15.9. The Hall–Kier alpha value is -3.92. The maximum atomic E-state index is 9.79. The summed E-state index contributed by atoms with van der Waals surface area (Å²) in [6.45, 7) is 19.9. The van der Waals surface area contributed by atoms with Crippen molar-refractivity contribution in [3.63, 3.8) is 0 Å². The topological polar surface area (TPSA) is 58.9 Å². The summed E-state index contributed by atoms with van der Waals surface area (Å²) >= 11 is 0. The van der Waals surface area contributed by atoms with Gasteiger partial charge in [-0.25, -0.2) is 0 Å². The van der Waals surface area contributed by atoms with Crippen molar-refractivity contribution >= 4 is 0 Å². The number of phenols is 2. The van der Waals surface area contributed by atoms with E-state index in [1.54, 1.807) is 38.5 Å². The highest BCUT2D eigenvalue weighted by Gasteiger charge is 2.48. The fourth-order valence-corrected chi connectivity index (χ4v) is 8.86. The summed E-state index contributed by atoms with van der Waals surface area (Å²) in [5.41, 5.74) is 10.3. The molecule has 3 saturated carbocycles. The Bertz CT molecular complexity index is 1560. The van der Waals surface area contributed by atoms with E-state index in [2.05, 4.69) is 65.8 Å². The molecule has 0 spiro atoms. The van der Waals surface area contributed by atoms with E-state index in [4.69, 9.17) is 9.47 Å². The number of rotatable bonds is 4. The molecular formula is C44H56O4. The third-order valence-electron chi connectivity index (χ3n) is 10.9. The number of benzene rings is 4. The Kier molecular flexibility index (Phi) is 10.8. The van der Waals surface area contributed by atoms with Gasteiger partial charge in [0.1, 0.15) is 34.5 Å². The summed E-state index contributed by atoms with van der Waals surface area (Å²) in [4.78, 5) is 0. The minimum atomic E-state index is 0.338. The number of hydrogen-bond donors (Lipinski definition) is 2. The molecule has 2 bridgehead atoms. The average molecular weight is 649 g/mol. The molecule has 0 radical (unpaired) electrons. The smallest absolute Gasteiger partial charge is 0.133 e. The van der Waals surface area contributed by atoms with Crippen molar-refractivity contribution in [1.29, 1.82) is 0 Å². The van der Waals surface area contributed by atoms with Crippen LogP contribution in [0.1, 0.15) is 94.2 Å². The molecule has 0 aliphatic heterocycles. The normalized spacial score (nSPS) is 20.4. The predicted octanol–water partition coefficient (Wildman–Crippen LogP) is 12.3. The highest BCUT2D eigenvalue weighted by atomic mass is 16.5. The third-order valence-corrected chi connectivity index (χ3v) is 10.9. The standard InChI is InChI=1S/2C17H20O2.C10H16/c2*1-10-6-13(4)17(14(5)7-10)19-15-8-11(2)16(18)12(3)9-15;1-2-9-7-4-5-8(6-7)10(9)3-1/h2*6-9,18H,1-5H3;7-10H,1-6H2. The lowest BCUT2D eigenvalue weighted by Gasteiger charge is -2.23. The summed E-state index contributed by atoms with van der Waals surface area (Å²) in [7, 11) is 0. The maximum absolute atomic E-state index is 9.79. The molecule has 0 saturated heterocycles. The lowest BCUT2D eigenvalue weighted by Crippen LogP contribution is -2.15. The highest BCUT2D eigenvalue weighted by Crippen LogP contribution is 2.58. The molecule has 4 nitrogen and oxygen atoms in total. The number of hydrogen-bond acceptors (Lipinski definition) is 4. The van der Waals surface area contributed by atoms with Gasteiger partial charge in [-0.3, -0.25) is 0 Å². The Labute approximate surface area is 289 Å². The largest absolute Gasteiger partial charge is 0.507 e. The monoisotopic (exact) mass is 648 g/mol. The Morgan fingerprint density at radius 3 is 1.06 bits per heavy atom. The second-order valence-corrected chi connectivity index (χ2v) is 15.1. The van der Waals surface area contributed by atoms with Crippen molar-refractivity contribution in [2.45, 2.75) is 108 Å². The molecule has 4 aromatic carbocycles. The van der Waals surface area contributed by atoms with Gasteiger partial charge < -0.3 is 19.7 Å². The van der Waals surface area contributed by atoms with Crippen LogP contribution in [0.3, 0.4) is 0 Å². The predicted molar refractivity (Wildman–Crippen MR) is 198 cm³/mol. The number of aryl methyl sites for hydroxylation is 10. The van der Waals surface area contributed by atoms with Crippen molar-refractivity contribution < 1.29 is 19.7 Å². The van der Waals surface area contributed by atoms with Gasteiger partial charge in [0.15, 0.2) is 0 Å². The fourth-order valence-electron chi connectivity index (χ4n) is 8.86. The van der Waals surface area contributed by atoms with Crippen molar-refractivity contribution in [2.24, 2.45) is 23.7 Å². The lowest BCUT2D eigenvalue weighted by atomic mass is 9.82. The van der Waals surface area contributed by atoms with E-state index < -0.39 is 0 Å². The zero-order valence-electron chi connectivity index (χ0n) is 30.9. The van der Waals surface area contributed by atoms with Gasteiger partial charge in [0.25, 0.3) is 0 Å². The molecule has 3 aliphatic carbocycles. The van der Waals surface area contributed by atoms with Gasteiger partial charge in [0, 0.05) is 0 Å². The highest BCUT2D eigenvalue weighted by molar-refractivity contribution is 5.51. The summed E-state index contributed by atoms with van der Waals surface area (Å²) in [6.07, 6.45) is 9.53. The molecule has 3 fully saturated rings. The van der Waals surface area contributed by atoms with Gasteiger partial charge in [0.2, 0.25) is 0 Å². The van der Waals surface area contributed by atoms with Crippen LogP contribution in [0.2, 0.25) is 0 Å². The quantitative estimate of drug-likeness (QED) is 0.231. The molecule has 0 aromatic heterocycles. The first-order valence-electron chi connectivity index (χ1n) is 17.8. The second-order valence-electron chi connectivity index (χ2n) is 15.1. The summed E-state index contributed by atoms with van der Waals surface area (Å²) in [5, 5.41) is 19.6. The molecule has 2 N–H and O–H groups in total. The molecule has 4 atom stereocenters. The molecule has 7 rings (SSSR count). The van der Waals surface area contributed by atoms with Crippen LogP contribution >= 0.6 is 0 Å². The Morgan fingerprint density at radius 2 is 0.750 bits per heavy atom. The molecular weight excluding hydrogens is 592 g/mol. The summed E-state index contributed by atoms with van der Waals surface area (Å²) < 4.78 is 12.0. The summed E-state index contributed by atoms with van der Waals surface area (Å²) in [5.74, 6) is 8.80. The van der Waals surface area contributed by atoms with E-state index in [1.807, 2.05) is 52.0 Å². The Balaban J connectivity index is 0.000000147. The van der Waals surface area contributed by atoms with Crippen LogP contribution in [-0.4, -0.2) is 10.2 Å². The Morgan fingerprint density at radius 1 is 0.438 bits per heavy atom. The zero-order valence-corrected chi connectivity index (χ0v) is 30.9. The minimum Gasteiger partial charge on any atom is -0.507 e. The minimum absolute atomic E-state index is 0.338. The zero-order chi connectivity index (χ0) is 34.9. The van der Waals surface area contributed by atoms with Crippen molar-refractivity contribution in [2.75, 3.05) is 0 Å². The molecule has 4 heteroatoms. The lowest BCUT2D eigenvalue weighted by molar-refractivity contribution is 0.259. The van der Waals surface area contributed by atoms with Gasteiger partial charge in [0.05, 0.1) is 0 Å². The van der Waals surface area contributed by atoms with Gasteiger partial charge in [-0.2, -0.15) is 0 Å². The van der Waals surface area contributed by atoms with Gasteiger partial charge in [-0.05, 0) is 194 Å². The van der Waals surface area contributed by atoms with Crippen molar-refractivity contribution in [3.8, 4) is 34.5 Å². The van der Waals surface area contributed by atoms with Gasteiger partial charge >= 0.3 is 0 Å². The number of ether oxygens (including phenoxy) is 2. The second kappa shape index (κ2) is 14.7. The van der Waals surface area contributed by atoms with Crippen molar-refractivity contribution in [1.82, 2.24) is 0 Å². The van der Waals surface area contributed by atoms with Crippen molar-refractivity contribution in [3.05, 3.63) is 104 Å². The molecule has 48 heavy (non-hydrogen) atoms. The fraction of sp³-hybridized carbons (Fsp3) is 0.455. The number of fused-ring (bicyclic) bond motifs is 5. The third kappa shape index (κ3) is 7.86. The SMILES string of the molecule is C1CC2C3CCC(C3)C2C1.Cc1cc(C)c(Oc2cc(C)c(O)c(C)c2)c(C)c1.Cc1cc(C)c(Oc2cc(C)c(O)c(C)c2)c(C)c1. The molecule has 0 heterocycles. The van der Waals surface area contributed by atoms with Gasteiger partial charge in [-0.1, -0.05) is 41.8 Å². The van der Waals surface area contributed by atoms with Crippen LogP contribution < -0.4 is 9.47 Å². The first-order chi connectivity index (χ1) is 22.7. The van der Waals surface area contributed by atoms with Crippen LogP contribution in [0.25, 0.3) is 0 Å². The molecule has 4 unspecified atom stereocenters. The van der Waals surface area contributed by atoms with Crippen LogP contribution in [0.5, 0.6) is 34.5 Å². The maximum Gasteiger partial charge on any atom is 0.133 e. The van der Waals surface area contributed by atoms with Crippen LogP contribution in [0.4, 0.5) is 0 Å². The molecule has 256 valence electrons. The van der Waals surface area contributed by atoms with E-state index in [9.17, 15) is 10.2 Å². The van der Waals surface area contributed by atoms with Crippen LogP contribution in [0.15, 0.2) is 48.5 Å². The molecule has 4 aromatic rings.